The van der Waals surface area contributed by atoms with E-state index in [1.165, 1.54) is 17.0 Å². The van der Waals surface area contributed by atoms with Gasteiger partial charge < -0.3 is 19.7 Å². The summed E-state index contributed by atoms with van der Waals surface area (Å²) in [6, 6.07) is 26.1. The number of carbonyl (C=O) groups is 2. The minimum atomic E-state index is -4.28. The molecule has 0 aromatic heterocycles. The fourth-order valence-electron chi connectivity index (χ4n) is 6.37. The Morgan fingerprint density at radius 3 is 2.20 bits per heavy atom. The van der Waals surface area contributed by atoms with Gasteiger partial charge >= 0.3 is 0 Å². The first kappa shape index (κ1) is 35.6. The van der Waals surface area contributed by atoms with E-state index in [0.717, 1.165) is 42.0 Å². The highest BCUT2D eigenvalue weighted by Gasteiger charge is 2.36. The number of ether oxygens (including phenoxy) is 2. The highest BCUT2D eigenvalue weighted by Crippen LogP contribution is 2.36. The molecule has 1 aliphatic heterocycles. The lowest BCUT2D eigenvalue weighted by Crippen LogP contribution is -2.55. The zero-order chi connectivity index (χ0) is 35.1. The average molecular weight is 737 g/mol. The van der Waals surface area contributed by atoms with Gasteiger partial charge in [-0.3, -0.25) is 13.9 Å². The second-order valence-electron chi connectivity index (χ2n) is 12.5. The summed E-state index contributed by atoms with van der Waals surface area (Å²) in [7, 11) is -4.28. The van der Waals surface area contributed by atoms with E-state index in [4.69, 9.17) is 32.7 Å². The number of hydrogen-bond acceptors (Lipinski definition) is 6. The molecule has 12 heteroatoms. The van der Waals surface area contributed by atoms with Crippen molar-refractivity contribution in [3.8, 4) is 11.5 Å². The summed E-state index contributed by atoms with van der Waals surface area (Å²) in [5.41, 5.74) is 1.61. The molecule has 0 bridgehead atoms. The Bertz CT molecular complexity index is 1910. The van der Waals surface area contributed by atoms with Crippen LogP contribution in [0.5, 0.6) is 11.5 Å². The largest absolute Gasteiger partial charge is 0.486 e. The average Bonchev–Trinajstić information content (AvgIpc) is 3.13. The van der Waals surface area contributed by atoms with Gasteiger partial charge in [-0.25, -0.2) is 8.42 Å². The molecule has 0 radical (unpaired) electrons. The quantitative estimate of drug-likeness (QED) is 0.167. The maximum absolute atomic E-state index is 14.8. The molecule has 1 N–H and O–H groups in total. The fourth-order valence-corrected chi connectivity index (χ4v) is 8.26. The van der Waals surface area contributed by atoms with Crippen LogP contribution in [-0.2, 0) is 32.6 Å². The molecule has 2 amide bonds. The van der Waals surface area contributed by atoms with Crippen LogP contribution in [0.4, 0.5) is 5.69 Å². The van der Waals surface area contributed by atoms with Crippen LogP contribution in [-0.4, -0.2) is 57.0 Å². The predicted octanol–water partition coefficient (Wildman–Crippen LogP) is 7.05. The van der Waals surface area contributed by atoms with E-state index < -0.39 is 28.5 Å². The summed E-state index contributed by atoms with van der Waals surface area (Å²) in [4.78, 5) is 30.6. The van der Waals surface area contributed by atoms with E-state index in [2.05, 4.69) is 5.32 Å². The minimum Gasteiger partial charge on any atom is -0.486 e. The first-order valence-corrected chi connectivity index (χ1v) is 18.9. The third-order valence-corrected chi connectivity index (χ3v) is 11.4. The first-order valence-electron chi connectivity index (χ1n) is 16.7. The van der Waals surface area contributed by atoms with E-state index in [-0.39, 0.29) is 35.5 Å². The van der Waals surface area contributed by atoms with Crippen LogP contribution in [0.2, 0.25) is 10.0 Å². The number of hydrogen-bond donors (Lipinski definition) is 1. The number of nitrogens with one attached hydrogen (secondary N) is 1. The highest BCUT2D eigenvalue weighted by molar-refractivity contribution is 7.92. The monoisotopic (exact) mass is 735 g/mol. The third kappa shape index (κ3) is 8.54. The van der Waals surface area contributed by atoms with Gasteiger partial charge in [0.15, 0.2) is 11.5 Å². The summed E-state index contributed by atoms with van der Waals surface area (Å²) in [6.07, 6.45) is 5.05. The molecule has 0 saturated heterocycles. The lowest BCUT2D eigenvalue weighted by molar-refractivity contribution is -0.140. The van der Waals surface area contributed by atoms with Crippen molar-refractivity contribution in [1.82, 2.24) is 10.2 Å². The number of sulfonamides is 1. The number of fused-ring (bicyclic) bond motifs is 1. The molecule has 1 heterocycles. The van der Waals surface area contributed by atoms with Gasteiger partial charge in [-0.1, -0.05) is 97.1 Å². The Balaban J connectivity index is 1.42. The molecule has 1 atom stereocenters. The van der Waals surface area contributed by atoms with Gasteiger partial charge in [0.1, 0.15) is 25.8 Å². The van der Waals surface area contributed by atoms with Gasteiger partial charge in [-0.15, -0.1) is 0 Å². The van der Waals surface area contributed by atoms with Gasteiger partial charge in [-0.2, -0.15) is 0 Å². The molecule has 6 rings (SSSR count). The van der Waals surface area contributed by atoms with E-state index in [0.29, 0.717) is 40.3 Å². The fraction of sp³-hybridized carbons (Fsp3) is 0.316. The Morgan fingerprint density at radius 2 is 1.50 bits per heavy atom. The molecule has 2 aliphatic rings. The first-order chi connectivity index (χ1) is 24.2. The van der Waals surface area contributed by atoms with Crippen LogP contribution in [0.1, 0.15) is 43.2 Å². The van der Waals surface area contributed by atoms with Crippen LogP contribution in [0.25, 0.3) is 0 Å². The van der Waals surface area contributed by atoms with Crippen molar-refractivity contribution in [2.24, 2.45) is 0 Å². The van der Waals surface area contributed by atoms with E-state index in [1.54, 1.807) is 54.6 Å². The SMILES string of the molecule is O=C(NC1CCCCC1)[C@@H](Cc1ccccc1)N(Cc1ccc(Cl)cc1Cl)C(=O)CN(c1ccc2c(c1)OCCO2)S(=O)(=O)c1ccccc1. The molecular weight excluding hydrogens is 697 g/mol. The second-order valence-corrected chi connectivity index (χ2v) is 15.2. The summed E-state index contributed by atoms with van der Waals surface area (Å²) in [5.74, 6) is -0.0566. The standard InChI is InChI=1S/C38H39Cl2N3O6S/c39-29-17-16-28(33(40)23-29)25-42(34(22-27-10-4-1-5-11-27)38(45)41-30-12-6-2-7-13-30)37(44)26-43(50(46,47)32-14-8-3-9-15-32)31-18-19-35-36(24-31)49-21-20-48-35/h1,3-5,8-11,14-19,23-24,30,34H,2,6-7,12-13,20-22,25-26H2,(H,41,45)/t34-/m1/s1. The van der Waals surface area contributed by atoms with Crippen molar-refractivity contribution in [3.05, 3.63) is 118 Å². The van der Waals surface area contributed by atoms with E-state index in [9.17, 15) is 18.0 Å². The molecule has 1 saturated carbocycles. The number of anilines is 1. The predicted molar refractivity (Wildman–Crippen MR) is 194 cm³/mol. The van der Waals surface area contributed by atoms with Gasteiger partial charge in [0.05, 0.1) is 10.6 Å². The van der Waals surface area contributed by atoms with Gasteiger partial charge in [0, 0.05) is 35.1 Å². The summed E-state index contributed by atoms with van der Waals surface area (Å²) < 4.78 is 41.2. The molecule has 0 spiro atoms. The lowest BCUT2D eigenvalue weighted by atomic mass is 9.94. The Kier molecular flexibility index (Phi) is 11.5. The molecule has 1 aliphatic carbocycles. The smallest absolute Gasteiger partial charge is 0.264 e. The number of nitrogens with zero attached hydrogens (tertiary/aromatic N) is 2. The zero-order valence-electron chi connectivity index (χ0n) is 27.5. The van der Waals surface area contributed by atoms with Crippen molar-refractivity contribution < 1.29 is 27.5 Å². The van der Waals surface area contributed by atoms with Crippen LogP contribution in [0.3, 0.4) is 0 Å². The van der Waals surface area contributed by atoms with Crippen LogP contribution in [0.15, 0.2) is 102 Å². The maximum Gasteiger partial charge on any atom is 0.264 e. The van der Waals surface area contributed by atoms with Crippen molar-refractivity contribution >= 4 is 50.7 Å². The van der Waals surface area contributed by atoms with Crippen molar-refractivity contribution in [2.75, 3.05) is 24.1 Å². The normalized spacial score (nSPS) is 15.2. The number of amides is 2. The summed E-state index contributed by atoms with van der Waals surface area (Å²) in [6.45, 7) is -0.00656. The third-order valence-electron chi connectivity index (χ3n) is 9.00. The second kappa shape index (κ2) is 16.2. The van der Waals surface area contributed by atoms with E-state index >= 15 is 0 Å². The van der Waals surface area contributed by atoms with Crippen LogP contribution in [0, 0.1) is 0 Å². The lowest BCUT2D eigenvalue weighted by Gasteiger charge is -2.35. The van der Waals surface area contributed by atoms with Gasteiger partial charge in [-0.05, 0) is 60.4 Å². The van der Waals surface area contributed by atoms with E-state index in [1.807, 2.05) is 30.3 Å². The Hall–Kier alpha value is -4.25. The van der Waals surface area contributed by atoms with Crippen LogP contribution < -0.4 is 19.1 Å². The highest BCUT2D eigenvalue weighted by atomic mass is 35.5. The van der Waals surface area contributed by atoms with Crippen molar-refractivity contribution in [1.29, 1.82) is 0 Å². The molecular formula is C38H39Cl2N3O6S. The summed E-state index contributed by atoms with van der Waals surface area (Å²) >= 11 is 12.9. The Morgan fingerprint density at radius 1 is 0.820 bits per heavy atom. The number of rotatable bonds is 12. The van der Waals surface area contributed by atoms with Crippen LogP contribution >= 0.6 is 23.2 Å². The molecule has 4 aromatic carbocycles. The van der Waals surface area contributed by atoms with Gasteiger partial charge in [0.25, 0.3) is 10.0 Å². The number of benzene rings is 4. The zero-order valence-corrected chi connectivity index (χ0v) is 29.8. The minimum absolute atomic E-state index is 0.00543. The van der Waals surface area contributed by atoms with Crippen molar-refractivity contribution in [2.45, 2.75) is 62.0 Å². The number of halogens is 2. The molecule has 50 heavy (non-hydrogen) atoms. The Labute approximate surface area is 303 Å². The molecule has 9 nitrogen and oxygen atoms in total. The summed E-state index contributed by atoms with van der Waals surface area (Å²) in [5, 5.41) is 3.95. The molecule has 1 fully saturated rings. The maximum atomic E-state index is 14.8. The van der Waals surface area contributed by atoms with Crippen molar-refractivity contribution in [3.63, 3.8) is 0 Å². The molecule has 262 valence electrons. The molecule has 0 unspecified atom stereocenters. The van der Waals surface area contributed by atoms with Gasteiger partial charge in [0.2, 0.25) is 11.8 Å². The molecule has 4 aromatic rings. The number of carbonyl (C=O) groups excluding carboxylic acids is 2. The topological polar surface area (TPSA) is 105 Å².